The van der Waals surface area contributed by atoms with Crippen LogP contribution < -0.4 is 19.6 Å². The number of thiazole rings is 1. The number of hydrogen-bond donors (Lipinski definition) is 0. The second kappa shape index (κ2) is 9.60. The Balaban J connectivity index is 1.96. The van der Waals surface area contributed by atoms with Crippen molar-refractivity contribution in [1.29, 1.82) is 0 Å². The van der Waals surface area contributed by atoms with Crippen LogP contribution in [0.15, 0.2) is 63.5 Å². The number of carbonyl (C=O) groups is 1. The summed E-state index contributed by atoms with van der Waals surface area (Å²) in [6.45, 7) is 6.01. The molecule has 1 atom stereocenters. The predicted octanol–water partition coefficient (Wildman–Crippen LogP) is 4.19. The highest BCUT2D eigenvalue weighted by Crippen LogP contribution is 2.37. The van der Waals surface area contributed by atoms with Gasteiger partial charge in [0.1, 0.15) is 11.8 Å². The van der Waals surface area contributed by atoms with Gasteiger partial charge in [-0.15, -0.1) is 0 Å². The van der Waals surface area contributed by atoms with E-state index < -0.39 is 12.0 Å². The standard InChI is InChI=1S/C26H25ClN2O4S/c1-14(2)17-8-6-16(7-9-17)12-21-24(30)29-23(19-13-18(27)10-11-20(19)32-4)22(25(31)33-5)15(3)28-26(29)34-21/h6-14,23H,1-5H3/b21-12-/t23-/m1/s1. The lowest BCUT2D eigenvalue weighted by Crippen LogP contribution is -2.40. The molecule has 34 heavy (non-hydrogen) atoms. The highest BCUT2D eigenvalue weighted by atomic mass is 35.5. The van der Waals surface area contributed by atoms with E-state index in [0.29, 0.717) is 37.3 Å². The Morgan fingerprint density at radius 3 is 2.50 bits per heavy atom. The van der Waals surface area contributed by atoms with Crippen LogP contribution in [0.4, 0.5) is 0 Å². The van der Waals surface area contributed by atoms with Gasteiger partial charge in [-0.1, -0.05) is 61.1 Å². The fraction of sp³-hybridized carbons (Fsp3) is 0.269. The molecule has 0 radical (unpaired) electrons. The van der Waals surface area contributed by atoms with Crippen molar-refractivity contribution in [2.24, 2.45) is 4.99 Å². The molecule has 3 aromatic rings. The summed E-state index contributed by atoms with van der Waals surface area (Å²) in [6.07, 6.45) is 1.84. The molecule has 4 rings (SSSR count). The SMILES string of the molecule is COC(=O)C1=C(C)N=c2s/c(=C\c3ccc(C(C)C)cc3)c(=O)n2[C@@H]1c1cc(Cl)ccc1OC. The van der Waals surface area contributed by atoms with E-state index in [9.17, 15) is 9.59 Å². The second-order valence-electron chi connectivity index (χ2n) is 8.28. The highest BCUT2D eigenvalue weighted by molar-refractivity contribution is 7.07. The largest absolute Gasteiger partial charge is 0.496 e. The molecule has 0 amide bonds. The third kappa shape index (κ3) is 4.33. The van der Waals surface area contributed by atoms with Gasteiger partial charge < -0.3 is 9.47 Å². The topological polar surface area (TPSA) is 69.9 Å². The number of rotatable bonds is 5. The summed E-state index contributed by atoms with van der Waals surface area (Å²) < 4.78 is 12.6. The Morgan fingerprint density at radius 1 is 1.18 bits per heavy atom. The summed E-state index contributed by atoms with van der Waals surface area (Å²) >= 11 is 7.58. The number of esters is 1. The lowest BCUT2D eigenvalue weighted by atomic mass is 9.95. The molecule has 0 N–H and O–H groups in total. The molecule has 0 aliphatic carbocycles. The van der Waals surface area contributed by atoms with Gasteiger partial charge in [-0.05, 0) is 48.2 Å². The van der Waals surface area contributed by atoms with Crippen molar-refractivity contribution < 1.29 is 14.3 Å². The normalized spacial score (nSPS) is 15.9. The number of hydrogen-bond acceptors (Lipinski definition) is 6. The van der Waals surface area contributed by atoms with Crippen molar-refractivity contribution in [2.75, 3.05) is 14.2 Å². The van der Waals surface area contributed by atoms with Crippen molar-refractivity contribution >= 4 is 35.0 Å². The van der Waals surface area contributed by atoms with Crippen LogP contribution in [-0.2, 0) is 9.53 Å². The first-order chi connectivity index (χ1) is 16.2. The number of methoxy groups -OCH3 is 2. The lowest BCUT2D eigenvalue weighted by Gasteiger charge is -2.25. The van der Waals surface area contributed by atoms with E-state index in [1.165, 1.54) is 35.7 Å². The molecule has 176 valence electrons. The Hall–Kier alpha value is -3.16. The van der Waals surface area contributed by atoms with Crippen LogP contribution in [-0.4, -0.2) is 24.8 Å². The number of benzene rings is 2. The summed E-state index contributed by atoms with van der Waals surface area (Å²) in [5.74, 6) is 0.364. The minimum absolute atomic E-state index is 0.252. The maximum atomic E-state index is 13.7. The van der Waals surface area contributed by atoms with Crippen LogP contribution in [0.25, 0.3) is 6.08 Å². The summed E-state index contributed by atoms with van der Waals surface area (Å²) in [5.41, 5.74) is 3.22. The van der Waals surface area contributed by atoms with Gasteiger partial charge in [-0.2, -0.15) is 0 Å². The number of fused-ring (bicyclic) bond motifs is 1. The Morgan fingerprint density at radius 2 is 1.88 bits per heavy atom. The molecular formula is C26H25ClN2O4S. The van der Waals surface area contributed by atoms with E-state index in [1.807, 2.05) is 18.2 Å². The van der Waals surface area contributed by atoms with Gasteiger partial charge >= 0.3 is 5.97 Å². The quantitative estimate of drug-likeness (QED) is 0.496. The number of carbonyl (C=O) groups excluding carboxylic acids is 1. The van der Waals surface area contributed by atoms with Gasteiger partial charge in [-0.3, -0.25) is 9.36 Å². The van der Waals surface area contributed by atoms with Crippen LogP contribution >= 0.6 is 22.9 Å². The fourth-order valence-corrected chi connectivity index (χ4v) is 5.26. The molecule has 6 nitrogen and oxygen atoms in total. The predicted molar refractivity (Wildman–Crippen MR) is 134 cm³/mol. The number of nitrogens with zero attached hydrogens (tertiary/aromatic N) is 2. The summed E-state index contributed by atoms with van der Waals surface area (Å²) in [6, 6.07) is 12.4. The number of aromatic nitrogens is 1. The van der Waals surface area contributed by atoms with E-state index >= 15 is 0 Å². The third-order valence-electron chi connectivity index (χ3n) is 5.81. The molecule has 0 spiro atoms. The monoisotopic (exact) mass is 496 g/mol. The van der Waals surface area contributed by atoms with E-state index in [4.69, 9.17) is 21.1 Å². The molecule has 0 unspecified atom stereocenters. The summed E-state index contributed by atoms with van der Waals surface area (Å²) in [5, 5.41) is 0.460. The van der Waals surface area contributed by atoms with E-state index in [2.05, 4.69) is 31.0 Å². The van der Waals surface area contributed by atoms with Gasteiger partial charge in [0.25, 0.3) is 5.56 Å². The van der Waals surface area contributed by atoms with Gasteiger partial charge in [0.15, 0.2) is 4.80 Å². The molecule has 1 aliphatic rings. The van der Waals surface area contributed by atoms with Gasteiger partial charge in [0.2, 0.25) is 0 Å². The van der Waals surface area contributed by atoms with Crippen molar-refractivity contribution in [3.05, 3.63) is 95.1 Å². The molecular weight excluding hydrogens is 472 g/mol. The molecule has 0 saturated carbocycles. The zero-order chi connectivity index (χ0) is 24.6. The van der Waals surface area contributed by atoms with Crippen LogP contribution in [0.2, 0.25) is 5.02 Å². The van der Waals surface area contributed by atoms with Crippen molar-refractivity contribution in [2.45, 2.75) is 32.7 Å². The molecule has 2 heterocycles. The van der Waals surface area contributed by atoms with Gasteiger partial charge in [-0.25, -0.2) is 9.79 Å². The van der Waals surface area contributed by atoms with Crippen LogP contribution in [0, 0.1) is 0 Å². The molecule has 8 heteroatoms. The molecule has 2 aromatic carbocycles. The smallest absolute Gasteiger partial charge is 0.338 e. The minimum Gasteiger partial charge on any atom is -0.496 e. The maximum absolute atomic E-state index is 13.7. The zero-order valence-corrected chi connectivity index (χ0v) is 21.2. The minimum atomic E-state index is -0.789. The Kier molecular flexibility index (Phi) is 6.77. The first-order valence-electron chi connectivity index (χ1n) is 10.8. The number of ether oxygens (including phenoxy) is 2. The zero-order valence-electron chi connectivity index (χ0n) is 19.6. The van der Waals surface area contributed by atoms with Gasteiger partial charge in [0.05, 0.1) is 30.0 Å². The van der Waals surface area contributed by atoms with Crippen LogP contribution in [0.1, 0.15) is 49.4 Å². The maximum Gasteiger partial charge on any atom is 0.338 e. The first-order valence-corrected chi connectivity index (χ1v) is 12.0. The number of allylic oxidation sites excluding steroid dienone is 1. The average Bonchev–Trinajstić information content (AvgIpc) is 3.12. The van der Waals surface area contributed by atoms with Crippen LogP contribution in [0.5, 0.6) is 5.75 Å². The van der Waals surface area contributed by atoms with Crippen LogP contribution in [0.3, 0.4) is 0 Å². The third-order valence-corrected chi connectivity index (χ3v) is 7.03. The van der Waals surface area contributed by atoms with Crippen molar-refractivity contribution in [3.63, 3.8) is 0 Å². The molecule has 0 bridgehead atoms. The Bertz CT molecular complexity index is 1470. The van der Waals surface area contributed by atoms with Gasteiger partial charge in [0, 0.05) is 10.6 Å². The second-order valence-corrected chi connectivity index (χ2v) is 9.73. The molecule has 1 aliphatic heterocycles. The first kappa shape index (κ1) is 24.0. The lowest BCUT2D eigenvalue weighted by molar-refractivity contribution is -0.136. The van der Waals surface area contributed by atoms with E-state index in [-0.39, 0.29) is 11.1 Å². The molecule has 0 fully saturated rings. The molecule has 0 saturated heterocycles. The Labute approximate surface area is 206 Å². The summed E-state index contributed by atoms with van der Waals surface area (Å²) in [4.78, 5) is 31.5. The highest BCUT2D eigenvalue weighted by Gasteiger charge is 2.35. The fourth-order valence-electron chi connectivity index (χ4n) is 4.03. The number of halogens is 1. The van der Waals surface area contributed by atoms with E-state index in [0.717, 1.165) is 5.56 Å². The van der Waals surface area contributed by atoms with Crippen molar-refractivity contribution in [3.8, 4) is 5.75 Å². The summed E-state index contributed by atoms with van der Waals surface area (Å²) in [7, 11) is 2.84. The average molecular weight is 497 g/mol. The molecule has 1 aromatic heterocycles. The van der Waals surface area contributed by atoms with E-state index in [1.54, 1.807) is 25.1 Å². The van der Waals surface area contributed by atoms with Crippen molar-refractivity contribution in [1.82, 2.24) is 4.57 Å².